The number of rotatable bonds is 6. The van der Waals surface area contributed by atoms with Gasteiger partial charge in [-0.2, -0.15) is 0 Å². The van der Waals surface area contributed by atoms with Gasteiger partial charge in [0.15, 0.2) is 0 Å². The monoisotopic (exact) mass is 377 g/mol. The van der Waals surface area contributed by atoms with E-state index in [-0.39, 0.29) is 5.91 Å². The zero-order valence-corrected chi connectivity index (χ0v) is 16.4. The van der Waals surface area contributed by atoms with Crippen LogP contribution in [0, 0.1) is 0 Å². The number of hydrogen-bond acceptors (Lipinski definition) is 3. The summed E-state index contributed by atoms with van der Waals surface area (Å²) in [4.78, 5) is 17.1. The van der Waals surface area contributed by atoms with Crippen LogP contribution in [0.1, 0.15) is 12.0 Å². The second kappa shape index (κ2) is 8.48. The van der Waals surface area contributed by atoms with Crippen LogP contribution in [0.2, 0.25) is 0 Å². The van der Waals surface area contributed by atoms with E-state index in [1.54, 1.807) is 7.11 Å². The summed E-state index contributed by atoms with van der Waals surface area (Å²) >= 11 is 0. The van der Waals surface area contributed by atoms with Crippen LogP contribution in [0.5, 0.6) is 5.75 Å². The molecule has 1 aliphatic rings. The Labute approximate surface area is 166 Å². The van der Waals surface area contributed by atoms with Gasteiger partial charge >= 0.3 is 0 Å². The minimum absolute atomic E-state index is 0.252. The van der Waals surface area contributed by atoms with Crippen LogP contribution >= 0.6 is 0 Å². The zero-order valence-electron chi connectivity index (χ0n) is 16.4. The van der Waals surface area contributed by atoms with Gasteiger partial charge in [0.25, 0.3) is 0 Å². The molecule has 2 heterocycles. The average molecular weight is 377 g/mol. The lowest BCUT2D eigenvalue weighted by Crippen LogP contribution is -2.48. The number of benzene rings is 2. The highest BCUT2D eigenvalue weighted by Gasteiger charge is 2.21. The van der Waals surface area contributed by atoms with Gasteiger partial charge in [-0.15, -0.1) is 0 Å². The van der Waals surface area contributed by atoms with Gasteiger partial charge in [0.2, 0.25) is 5.91 Å². The minimum Gasteiger partial charge on any atom is -0.497 e. The van der Waals surface area contributed by atoms with Gasteiger partial charge in [0.05, 0.1) is 7.11 Å². The maximum absolute atomic E-state index is 12.6. The van der Waals surface area contributed by atoms with Gasteiger partial charge in [-0.25, -0.2) is 0 Å². The van der Waals surface area contributed by atoms with E-state index in [9.17, 15) is 4.79 Å². The highest BCUT2D eigenvalue weighted by molar-refractivity contribution is 5.80. The fraction of sp³-hybridized carbons (Fsp3) is 0.348. The van der Waals surface area contributed by atoms with Crippen molar-refractivity contribution in [1.29, 1.82) is 0 Å². The lowest BCUT2D eigenvalue weighted by atomic mass is 10.2. The van der Waals surface area contributed by atoms with Crippen LogP contribution in [0.25, 0.3) is 10.9 Å². The molecule has 3 aromatic rings. The van der Waals surface area contributed by atoms with Crippen LogP contribution in [0.4, 0.5) is 0 Å². The highest BCUT2D eigenvalue weighted by Crippen LogP contribution is 2.17. The number of hydrogen-bond donors (Lipinski definition) is 0. The molecular formula is C23H27N3O2. The summed E-state index contributed by atoms with van der Waals surface area (Å²) in [5.74, 6) is 1.14. The Morgan fingerprint density at radius 3 is 2.46 bits per heavy atom. The predicted octanol–water partition coefficient (Wildman–Crippen LogP) is 3.38. The highest BCUT2D eigenvalue weighted by atomic mass is 16.5. The van der Waals surface area contributed by atoms with Gasteiger partial charge < -0.3 is 14.2 Å². The molecule has 1 fully saturated rings. The summed E-state index contributed by atoms with van der Waals surface area (Å²) in [5, 5.41) is 1.22. The van der Waals surface area contributed by atoms with E-state index in [0.29, 0.717) is 6.42 Å². The third-order valence-corrected chi connectivity index (χ3v) is 5.54. The van der Waals surface area contributed by atoms with E-state index < -0.39 is 0 Å². The normalized spacial score (nSPS) is 15.1. The van der Waals surface area contributed by atoms with Crippen LogP contribution < -0.4 is 4.74 Å². The summed E-state index contributed by atoms with van der Waals surface area (Å²) in [6.45, 7) is 5.11. The van der Waals surface area contributed by atoms with Crippen LogP contribution in [0.3, 0.4) is 0 Å². The summed E-state index contributed by atoms with van der Waals surface area (Å²) < 4.78 is 7.39. The summed E-state index contributed by atoms with van der Waals surface area (Å²) in [6.07, 6.45) is 2.63. The minimum atomic E-state index is 0.252. The second-order valence-electron chi connectivity index (χ2n) is 7.32. The van der Waals surface area contributed by atoms with E-state index >= 15 is 0 Å². The zero-order chi connectivity index (χ0) is 19.3. The lowest BCUT2D eigenvalue weighted by Gasteiger charge is -2.35. The van der Waals surface area contributed by atoms with Crippen LogP contribution in [-0.2, 0) is 17.9 Å². The third kappa shape index (κ3) is 4.20. The Morgan fingerprint density at radius 1 is 0.964 bits per heavy atom. The number of ether oxygens (including phenoxy) is 1. The Kier molecular flexibility index (Phi) is 5.63. The number of carbonyl (C=O) groups is 1. The van der Waals surface area contributed by atoms with Crippen molar-refractivity contribution in [2.24, 2.45) is 0 Å². The van der Waals surface area contributed by atoms with E-state index in [2.05, 4.69) is 46.0 Å². The molecule has 1 aliphatic heterocycles. The standard InChI is InChI=1S/C23H27N3O2/c1-28-21-8-6-19(7-9-21)18-24-14-16-26(17-15-24)23(27)11-13-25-12-10-20-4-2-3-5-22(20)25/h2-10,12H,11,13-18H2,1H3. The lowest BCUT2D eigenvalue weighted by molar-refractivity contribution is -0.133. The number of fused-ring (bicyclic) bond motifs is 1. The molecule has 5 heteroatoms. The first kappa shape index (κ1) is 18.6. The molecule has 0 radical (unpaired) electrons. The number of piperazine rings is 1. The predicted molar refractivity (Wildman–Crippen MR) is 111 cm³/mol. The molecule has 1 saturated heterocycles. The first-order valence-corrected chi connectivity index (χ1v) is 9.90. The number of aryl methyl sites for hydroxylation is 1. The van der Waals surface area contributed by atoms with E-state index in [4.69, 9.17) is 4.74 Å². The first-order chi connectivity index (χ1) is 13.7. The van der Waals surface area contributed by atoms with Gasteiger partial charge in [-0.05, 0) is 35.2 Å². The molecule has 5 nitrogen and oxygen atoms in total. The number of amides is 1. The molecule has 1 aromatic heterocycles. The van der Waals surface area contributed by atoms with Crippen LogP contribution in [-0.4, -0.2) is 53.6 Å². The Hall–Kier alpha value is -2.79. The fourth-order valence-electron chi connectivity index (χ4n) is 3.85. The Morgan fingerprint density at radius 2 is 1.71 bits per heavy atom. The van der Waals surface area contributed by atoms with Crippen molar-refractivity contribution in [2.75, 3.05) is 33.3 Å². The van der Waals surface area contributed by atoms with Crippen molar-refractivity contribution in [3.63, 3.8) is 0 Å². The molecule has 0 saturated carbocycles. The average Bonchev–Trinajstić information content (AvgIpc) is 3.16. The summed E-state index contributed by atoms with van der Waals surface area (Å²) in [5.41, 5.74) is 2.47. The molecule has 4 rings (SSSR count). The number of para-hydroxylation sites is 1. The number of aromatic nitrogens is 1. The molecule has 0 N–H and O–H groups in total. The third-order valence-electron chi connectivity index (χ3n) is 5.54. The van der Waals surface area contributed by atoms with Crippen molar-refractivity contribution >= 4 is 16.8 Å². The SMILES string of the molecule is COc1ccc(CN2CCN(C(=O)CCn3ccc4ccccc43)CC2)cc1. The van der Waals surface area contributed by atoms with Crippen LogP contribution in [0.15, 0.2) is 60.8 Å². The topological polar surface area (TPSA) is 37.7 Å². The molecule has 146 valence electrons. The van der Waals surface area contributed by atoms with E-state index in [1.807, 2.05) is 29.2 Å². The number of nitrogens with zero attached hydrogens (tertiary/aromatic N) is 3. The van der Waals surface area contributed by atoms with Crippen molar-refractivity contribution in [3.8, 4) is 5.75 Å². The summed E-state index contributed by atoms with van der Waals surface area (Å²) in [6, 6.07) is 18.6. The maximum atomic E-state index is 12.6. The van der Waals surface area contributed by atoms with E-state index in [0.717, 1.165) is 45.0 Å². The molecule has 2 aromatic carbocycles. The molecule has 0 atom stereocenters. The quantitative estimate of drug-likeness (QED) is 0.661. The van der Waals surface area contributed by atoms with Gasteiger partial charge in [-0.3, -0.25) is 9.69 Å². The Balaban J connectivity index is 1.25. The fourth-order valence-corrected chi connectivity index (χ4v) is 3.85. The van der Waals surface area contributed by atoms with Crippen molar-refractivity contribution in [3.05, 3.63) is 66.4 Å². The number of methoxy groups -OCH3 is 1. The molecule has 0 unspecified atom stereocenters. The van der Waals surface area contributed by atoms with Crippen molar-refractivity contribution in [2.45, 2.75) is 19.5 Å². The Bertz CT molecular complexity index is 924. The van der Waals surface area contributed by atoms with Gasteiger partial charge in [0.1, 0.15) is 5.75 Å². The molecular weight excluding hydrogens is 350 g/mol. The van der Waals surface area contributed by atoms with Crippen molar-refractivity contribution in [1.82, 2.24) is 14.4 Å². The van der Waals surface area contributed by atoms with Crippen molar-refractivity contribution < 1.29 is 9.53 Å². The van der Waals surface area contributed by atoms with Gasteiger partial charge in [0, 0.05) is 57.4 Å². The molecule has 1 amide bonds. The molecule has 0 spiro atoms. The first-order valence-electron chi connectivity index (χ1n) is 9.90. The number of carbonyl (C=O) groups excluding carboxylic acids is 1. The van der Waals surface area contributed by atoms with E-state index in [1.165, 1.54) is 16.5 Å². The molecule has 0 bridgehead atoms. The maximum Gasteiger partial charge on any atom is 0.224 e. The second-order valence-corrected chi connectivity index (χ2v) is 7.32. The molecule has 0 aliphatic carbocycles. The largest absolute Gasteiger partial charge is 0.497 e. The molecule has 28 heavy (non-hydrogen) atoms. The van der Waals surface area contributed by atoms with Gasteiger partial charge in [-0.1, -0.05) is 30.3 Å². The summed E-state index contributed by atoms with van der Waals surface area (Å²) in [7, 11) is 1.68. The smallest absolute Gasteiger partial charge is 0.224 e.